The zero-order valence-electron chi connectivity index (χ0n) is 16.2. The fraction of sp³-hybridized carbons (Fsp3) is 0.579. The Morgan fingerprint density at radius 3 is 2.78 bits per heavy atom. The molecule has 0 saturated carbocycles. The molecular weight excluding hydrogens is 382 g/mol. The van der Waals surface area contributed by atoms with Crippen LogP contribution >= 0.6 is 23.1 Å². The highest BCUT2D eigenvalue weighted by Gasteiger charge is 2.24. The first-order valence-electron chi connectivity index (χ1n) is 9.19. The van der Waals surface area contributed by atoms with E-state index in [0.29, 0.717) is 5.82 Å². The number of hydrogen-bond acceptors (Lipinski definition) is 7. The Labute approximate surface area is 167 Å². The van der Waals surface area contributed by atoms with Gasteiger partial charge in [0.2, 0.25) is 0 Å². The molecule has 1 fully saturated rings. The van der Waals surface area contributed by atoms with Gasteiger partial charge >= 0.3 is 5.97 Å². The summed E-state index contributed by atoms with van der Waals surface area (Å²) in [7, 11) is 0. The first kappa shape index (κ1) is 20.1. The van der Waals surface area contributed by atoms with Crippen molar-refractivity contribution < 1.29 is 14.3 Å². The van der Waals surface area contributed by atoms with Crippen molar-refractivity contribution in [3.8, 4) is 0 Å². The van der Waals surface area contributed by atoms with Gasteiger partial charge in [0.25, 0.3) is 5.91 Å². The summed E-state index contributed by atoms with van der Waals surface area (Å²) in [5.74, 6) is 0.314. The van der Waals surface area contributed by atoms with E-state index in [9.17, 15) is 9.59 Å². The topological polar surface area (TPSA) is 72.4 Å². The molecule has 2 aromatic heterocycles. The minimum Gasteiger partial charge on any atom is -0.455 e. The predicted molar refractivity (Wildman–Crippen MR) is 108 cm³/mol. The molecule has 0 aliphatic carbocycles. The number of ether oxygens (including phenoxy) is 1. The van der Waals surface area contributed by atoms with Crippen LogP contribution in [0.5, 0.6) is 0 Å². The Morgan fingerprint density at radius 1 is 1.26 bits per heavy atom. The highest BCUT2D eigenvalue weighted by Crippen LogP contribution is 2.35. The molecule has 6 nitrogen and oxygen atoms in total. The molecule has 1 amide bonds. The molecule has 27 heavy (non-hydrogen) atoms. The Morgan fingerprint density at radius 2 is 2.04 bits per heavy atom. The van der Waals surface area contributed by atoms with Crippen LogP contribution in [0.15, 0.2) is 5.03 Å². The number of thioether (sulfide) groups is 1. The number of likely N-dealkylation sites (tertiary alicyclic amines) is 1. The minimum absolute atomic E-state index is 0.106. The zero-order chi connectivity index (χ0) is 19.6. The van der Waals surface area contributed by atoms with Crippen LogP contribution in [0.1, 0.15) is 42.5 Å². The second-order valence-electron chi connectivity index (χ2n) is 6.92. The molecule has 0 spiro atoms. The number of aryl methyl sites for hydroxylation is 3. The van der Waals surface area contributed by atoms with Crippen LogP contribution in [0.2, 0.25) is 0 Å². The van der Waals surface area contributed by atoms with E-state index in [-0.39, 0.29) is 24.3 Å². The van der Waals surface area contributed by atoms with Crippen LogP contribution in [0.3, 0.4) is 0 Å². The summed E-state index contributed by atoms with van der Waals surface area (Å²) in [5, 5.41) is 1.81. The molecule has 1 atom stereocenters. The lowest BCUT2D eigenvalue weighted by Gasteiger charge is -2.33. The Kier molecular flexibility index (Phi) is 6.37. The lowest BCUT2D eigenvalue weighted by Crippen LogP contribution is -2.44. The number of rotatable bonds is 5. The third-order valence-electron chi connectivity index (χ3n) is 4.91. The van der Waals surface area contributed by atoms with Gasteiger partial charge in [0, 0.05) is 22.8 Å². The SMILES string of the molecule is Cc1nc(SCC(=O)OCC(=O)N2CCCC[C@@H]2C)c2c(C)c(C)sc2n1. The third-order valence-corrected chi connectivity index (χ3v) is 6.96. The van der Waals surface area contributed by atoms with Gasteiger partial charge in [0.15, 0.2) is 6.61 Å². The average molecular weight is 408 g/mol. The number of thiophene rings is 1. The average Bonchev–Trinajstić information content (AvgIpc) is 2.91. The molecule has 0 aromatic carbocycles. The molecular formula is C19H25N3O3S2. The number of aromatic nitrogens is 2. The summed E-state index contributed by atoms with van der Waals surface area (Å²) in [5.41, 5.74) is 1.15. The highest BCUT2D eigenvalue weighted by molar-refractivity contribution is 8.00. The standard InChI is InChI=1S/C19H25N3O3S2/c1-11-7-5-6-8-22(11)15(23)9-25-16(24)10-26-18-17-12(2)13(3)27-19(17)21-14(4)20-18/h11H,5-10H2,1-4H3/t11-/m0/s1. The summed E-state index contributed by atoms with van der Waals surface area (Å²) >= 11 is 2.98. The number of carbonyl (C=O) groups is 2. The largest absolute Gasteiger partial charge is 0.455 e. The molecule has 2 aromatic rings. The number of piperidine rings is 1. The highest BCUT2D eigenvalue weighted by atomic mass is 32.2. The summed E-state index contributed by atoms with van der Waals surface area (Å²) in [6, 6.07) is 0.224. The quantitative estimate of drug-likeness (QED) is 0.428. The molecule has 3 rings (SSSR count). The third kappa shape index (κ3) is 4.60. The van der Waals surface area contributed by atoms with Gasteiger partial charge < -0.3 is 9.64 Å². The molecule has 0 N–H and O–H groups in total. The van der Waals surface area contributed by atoms with Gasteiger partial charge in [0.05, 0.1) is 5.75 Å². The van der Waals surface area contributed by atoms with E-state index in [2.05, 4.69) is 16.9 Å². The van der Waals surface area contributed by atoms with E-state index >= 15 is 0 Å². The van der Waals surface area contributed by atoms with Gasteiger partial charge in [0.1, 0.15) is 15.7 Å². The number of esters is 1. The molecule has 0 unspecified atom stereocenters. The van der Waals surface area contributed by atoms with Crippen LogP contribution in [-0.4, -0.2) is 51.7 Å². The number of carbonyl (C=O) groups excluding carboxylic acids is 2. The van der Waals surface area contributed by atoms with E-state index in [1.54, 1.807) is 11.3 Å². The number of nitrogens with zero attached hydrogens (tertiary/aromatic N) is 3. The van der Waals surface area contributed by atoms with Gasteiger partial charge in [-0.25, -0.2) is 9.97 Å². The van der Waals surface area contributed by atoms with Crippen molar-refractivity contribution in [2.45, 2.75) is 58.0 Å². The first-order chi connectivity index (χ1) is 12.9. The van der Waals surface area contributed by atoms with Crippen LogP contribution in [0.25, 0.3) is 10.2 Å². The minimum atomic E-state index is -0.396. The van der Waals surface area contributed by atoms with E-state index in [4.69, 9.17) is 4.74 Å². The Balaban J connectivity index is 1.58. The molecule has 1 saturated heterocycles. The normalized spacial score (nSPS) is 17.3. The molecule has 0 bridgehead atoms. The molecule has 8 heteroatoms. The second-order valence-corrected chi connectivity index (χ2v) is 9.09. The summed E-state index contributed by atoms with van der Waals surface area (Å²) in [6.45, 7) is 8.58. The summed E-state index contributed by atoms with van der Waals surface area (Å²) in [4.78, 5) is 37.4. The Hall–Kier alpha value is -1.67. The van der Waals surface area contributed by atoms with E-state index in [1.165, 1.54) is 16.6 Å². The van der Waals surface area contributed by atoms with Gasteiger partial charge in [-0.3, -0.25) is 9.59 Å². The number of fused-ring (bicyclic) bond motifs is 1. The second kappa shape index (κ2) is 8.56. The van der Waals surface area contributed by atoms with Crippen molar-refractivity contribution in [1.82, 2.24) is 14.9 Å². The van der Waals surface area contributed by atoms with Crippen molar-refractivity contribution in [2.75, 3.05) is 18.9 Å². The molecule has 1 aliphatic heterocycles. The lowest BCUT2D eigenvalue weighted by molar-refractivity contribution is -0.151. The first-order valence-corrected chi connectivity index (χ1v) is 11.0. The van der Waals surface area contributed by atoms with Gasteiger partial charge in [-0.15, -0.1) is 11.3 Å². The maximum Gasteiger partial charge on any atom is 0.316 e. The fourth-order valence-corrected chi connectivity index (χ4v) is 5.35. The van der Waals surface area contributed by atoms with E-state index < -0.39 is 5.97 Å². The molecule has 3 heterocycles. The van der Waals surface area contributed by atoms with Crippen molar-refractivity contribution in [3.05, 3.63) is 16.3 Å². The van der Waals surface area contributed by atoms with E-state index in [1.807, 2.05) is 25.7 Å². The lowest BCUT2D eigenvalue weighted by atomic mass is 10.0. The fourth-order valence-electron chi connectivity index (χ4n) is 3.28. The van der Waals surface area contributed by atoms with Crippen LogP contribution in [0.4, 0.5) is 0 Å². The van der Waals surface area contributed by atoms with Crippen molar-refractivity contribution in [2.24, 2.45) is 0 Å². The maximum atomic E-state index is 12.3. The van der Waals surface area contributed by atoms with Gasteiger partial charge in [-0.2, -0.15) is 0 Å². The molecule has 0 radical (unpaired) electrons. The zero-order valence-corrected chi connectivity index (χ0v) is 17.8. The Bertz CT molecular complexity index is 865. The van der Waals surface area contributed by atoms with Crippen LogP contribution < -0.4 is 0 Å². The monoisotopic (exact) mass is 407 g/mol. The van der Waals surface area contributed by atoms with Crippen molar-refractivity contribution >= 4 is 45.2 Å². The number of hydrogen-bond donors (Lipinski definition) is 0. The van der Waals surface area contributed by atoms with Gasteiger partial charge in [-0.05, 0) is 52.5 Å². The summed E-state index contributed by atoms with van der Waals surface area (Å²) < 4.78 is 5.21. The van der Waals surface area contributed by atoms with Crippen molar-refractivity contribution in [3.63, 3.8) is 0 Å². The summed E-state index contributed by atoms with van der Waals surface area (Å²) in [6.07, 6.45) is 3.18. The van der Waals surface area contributed by atoms with Gasteiger partial charge in [-0.1, -0.05) is 11.8 Å². The number of amides is 1. The smallest absolute Gasteiger partial charge is 0.316 e. The molecule has 1 aliphatic rings. The maximum absolute atomic E-state index is 12.3. The van der Waals surface area contributed by atoms with E-state index in [0.717, 1.165) is 46.6 Å². The van der Waals surface area contributed by atoms with Crippen LogP contribution in [-0.2, 0) is 14.3 Å². The predicted octanol–water partition coefficient (Wildman–Crippen LogP) is 3.65. The van der Waals surface area contributed by atoms with Crippen molar-refractivity contribution in [1.29, 1.82) is 0 Å². The molecule has 146 valence electrons. The van der Waals surface area contributed by atoms with Crippen LogP contribution in [0, 0.1) is 20.8 Å².